The third-order valence-electron chi connectivity index (χ3n) is 8.01. The van der Waals surface area contributed by atoms with Gasteiger partial charge >= 0.3 is 6.09 Å². The molecule has 1 aromatic rings. The molecule has 210 valence electrons. The Bertz CT molecular complexity index is 1050. The minimum absolute atomic E-state index is 0.164. The first kappa shape index (κ1) is 28.7. The zero-order valence-electron chi connectivity index (χ0n) is 23.5. The summed E-state index contributed by atoms with van der Waals surface area (Å²) in [5, 5.41) is 3.59. The predicted molar refractivity (Wildman–Crippen MR) is 149 cm³/mol. The second-order valence-corrected chi connectivity index (χ2v) is 12.6. The van der Waals surface area contributed by atoms with Crippen molar-refractivity contribution in [1.82, 2.24) is 14.7 Å². The fourth-order valence-electron chi connectivity index (χ4n) is 5.98. The summed E-state index contributed by atoms with van der Waals surface area (Å²) in [5.74, 6) is 0.305. The molecule has 2 atom stereocenters. The first-order chi connectivity index (χ1) is 17.9. The van der Waals surface area contributed by atoms with Crippen molar-refractivity contribution < 1.29 is 19.1 Å². The molecule has 4 rings (SSSR count). The number of nitrogens with zero attached hydrogens (tertiary/aromatic N) is 3. The minimum atomic E-state index is -0.619. The van der Waals surface area contributed by atoms with Crippen LogP contribution in [0.5, 0.6) is 0 Å². The maximum atomic E-state index is 13.3. The zero-order chi connectivity index (χ0) is 27.6. The molecule has 1 aliphatic carbocycles. The molecule has 8 nitrogen and oxygen atoms in total. The van der Waals surface area contributed by atoms with Gasteiger partial charge in [-0.15, -0.1) is 0 Å². The molecule has 2 saturated heterocycles. The average molecular weight is 547 g/mol. The Labute approximate surface area is 232 Å². The molecule has 1 saturated carbocycles. The van der Waals surface area contributed by atoms with Crippen LogP contribution in [0.2, 0.25) is 5.02 Å². The number of benzene rings is 1. The number of hydrogen-bond acceptors (Lipinski definition) is 5. The Hall–Kier alpha value is -2.32. The molecule has 3 fully saturated rings. The maximum absolute atomic E-state index is 13.3. The number of nitrogens with one attached hydrogen (secondary N) is 1. The van der Waals surface area contributed by atoms with Crippen LogP contribution in [0.25, 0.3) is 0 Å². The second kappa shape index (κ2) is 11.8. The smallest absolute Gasteiger partial charge is 0.410 e. The van der Waals surface area contributed by atoms with Crippen LogP contribution in [0.4, 0.5) is 10.5 Å². The van der Waals surface area contributed by atoms with Gasteiger partial charge in [0.05, 0.1) is 0 Å². The summed E-state index contributed by atoms with van der Waals surface area (Å²) < 4.78 is 5.51. The normalized spacial score (nSPS) is 23.1. The summed E-state index contributed by atoms with van der Waals surface area (Å²) >= 11 is 6.49. The Morgan fingerprint density at radius 1 is 1.03 bits per heavy atom. The lowest BCUT2D eigenvalue weighted by Gasteiger charge is -2.41. The number of piperazine rings is 1. The van der Waals surface area contributed by atoms with Crippen LogP contribution < -0.4 is 5.32 Å². The van der Waals surface area contributed by atoms with Gasteiger partial charge in [-0.1, -0.05) is 24.4 Å². The van der Waals surface area contributed by atoms with Crippen LogP contribution >= 0.6 is 11.6 Å². The molecule has 3 aliphatic rings. The van der Waals surface area contributed by atoms with E-state index in [1.165, 1.54) is 4.90 Å². The van der Waals surface area contributed by atoms with Gasteiger partial charge in [0.2, 0.25) is 11.8 Å². The van der Waals surface area contributed by atoms with Gasteiger partial charge in [-0.2, -0.15) is 0 Å². The maximum Gasteiger partial charge on any atom is 0.410 e. The first-order valence-electron chi connectivity index (χ1n) is 14.1. The SMILES string of the molecule is Cc1c(CN2CCN(C(=O)C3CCCC3)C(C)C2)cc(Cl)cc1NC(=O)C1CCCN1C(=O)OC(C)(C)C. The highest BCUT2D eigenvalue weighted by molar-refractivity contribution is 6.31. The third-order valence-corrected chi connectivity index (χ3v) is 8.23. The van der Waals surface area contributed by atoms with Gasteiger partial charge in [0.15, 0.2) is 0 Å². The Balaban J connectivity index is 1.40. The van der Waals surface area contributed by atoms with E-state index in [9.17, 15) is 14.4 Å². The molecule has 0 aromatic heterocycles. The number of rotatable bonds is 5. The van der Waals surface area contributed by atoms with E-state index in [2.05, 4.69) is 22.0 Å². The number of amides is 3. The van der Waals surface area contributed by atoms with Crippen LogP contribution in [0, 0.1) is 12.8 Å². The fourth-order valence-corrected chi connectivity index (χ4v) is 6.22. The van der Waals surface area contributed by atoms with Crippen LogP contribution in [0.3, 0.4) is 0 Å². The Morgan fingerprint density at radius 2 is 1.74 bits per heavy atom. The molecule has 0 spiro atoms. The van der Waals surface area contributed by atoms with Gasteiger partial charge in [0, 0.05) is 55.4 Å². The molecular weight excluding hydrogens is 504 g/mol. The van der Waals surface area contributed by atoms with E-state index in [1.54, 1.807) is 6.07 Å². The molecule has 3 amide bonds. The molecule has 2 heterocycles. The van der Waals surface area contributed by atoms with E-state index in [-0.39, 0.29) is 17.9 Å². The Morgan fingerprint density at radius 3 is 2.39 bits per heavy atom. The third kappa shape index (κ3) is 6.81. The van der Waals surface area contributed by atoms with E-state index in [1.807, 2.05) is 33.8 Å². The van der Waals surface area contributed by atoms with Crippen molar-refractivity contribution in [1.29, 1.82) is 0 Å². The molecular formula is C29H43ClN4O4. The van der Waals surface area contributed by atoms with Crippen LogP contribution in [0.1, 0.15) is 77.3 Å². The number of carbonyl (C=O) groups excluding carboxylic acids is 3. The van der Waals surface area contributed by atoms with Crippen molar-refractivity contribution in [3.63, 3.8) is 0 Å². The number of carbonyl (C=O) groups is 3. The van der Waals surface area contributed by atoms with Gasteiger partial charge in [0.1, 0.15) is 11.6 Å². The molecule has 0 bridgehead atoms. The summed E-state index contributed by atoms with van der Waals surface area (Å²) in [6, 6.07) is 3.32. The summed E-state index contributed by atoms with van der Waals surface area (Å²) in [7, 11) is 0. The topological polar surface area (TPSA) is 82.2 Å². The van der Waals surface area contributed by atoms with E-state index < -0.39 is 17.7 Å². The van der Waals surface area contributed by atoms with Gasteiger partial charge in [0.25, 0.3) is 0 Å². The van der Waals surface area contributed by atoms with Crippen molar-refractivity contribution >= 4 is 35.2 Å². The molecule has 2 aliphatic heterocycles. The number of likely N-dealkylation sites (tertiary alicyclic amines) is 1. The van der Waals surface area contributed by atoms with Crippen molar-refractivity contribution in [2.45, 2.75) is 97.4 Å². The molecule has 2 unspecified atom stereocenters. The van der Waals surface area contributed by atoms with Crippen molar-refractivity contribution in [3.05, 3.63) is 28.3 Å². The number of anilines is 1. The predicted octanol–water partition coefficient (Wildman–Crippen LogP) is 5.21. The van der Waals surface area contributed by atoms with Gasteiger partial charge in [-0.05, 0) is 83.6 Å². The summed E-state index contributed by atoms with van der Waals surface area (Å²) in [6.45, 7) is 13.1. The van der Waals surface area contributed by atoms with Crippen LogP contribution in [-0.4, -0.2) is 76.5 Å². The van der Waals surface area contributed by atoms with E-state index >= 15 is 0 Å². The minimum Gasteiger partial charge on any atom is -0.444 e. The molecule has 9 heteroatoms. The van der Waals surface area contributed by atoms with Gasteiger partial charge < -0.3 is 15.0 Å². The highest BCUT2D eigenvalue weighted by Gasteiger charge is 2.37. The first-order valence-corrected chi connectivity index (χ1v) is 14.4. The van der Waals surface area contributed by atoms with Crippen LogP contribution in [-0.2, 0) is 20.9 Å². The quantitative estimate of drug-likeness (QED) is 0.548. The molecule has 0 radical (unpaired) electrons. The van der Waals surface area contributed by atoms with E-state index in [0.717, 1.165) is 62.9 Å². The number of ether oxygens (including phenoxy) is 1. The highest BCUT2D eigenvalue weighted by atomic mass is 35.5. The second-order valence-electron chi connectivity index (χ2n) is 12.2. The van der Waals surface area contributed by atoms with Gasteiger partial charge in [-0.25, -0.2) is 4.79 Å². The lowest BCUT2D eigenvalue weighted by Crippen LogP contribution is -2.54. The van der Waals surface area contributed by atoms with E-state index in [4.69, 9.17) is 16.3 Å². The standard InChI is InChI=1S/C29H43ClN4O4/c1-19-17-32(13-14-33(19)27(36)21-9-6-7-10-21)18-22-15-23(30)16-24(20(22)2)31-26(35)25-11-8-12-34(25)28(37)38-29(3,4)5/h15-16,19,21,25H,6-14,17-18H2,1-5H3,(H,31,35). The van der Waals surface area contributed by atoms with Crippen molar-refractivity contribution in [2.75, 3.05) is 31.5 Å². The molecule has 38 heavy (non-hydrogen) atoms. The van der Waals surface area contributed by atoms with Gasteiger partial charge in [-0.3, -0.25) is 19.4 Å². The number of hydrogen-bond donors (Lipinski definition) is 1. The molecule has 1 N–H and O–H groups in total. The Kier molecular flexibility index (Phi) is 8.92. The lowest BCUT2D eigenvalue weighted by molar-refractivity contribution is -0.140. The zero-order valence-corrected chi connectivity index (χ0v) is 24.3. The summed E-state index contributed by atoms with van der Waals surface area (Å²) in [4.78, 5) is 44.9. The van der Waals surface area contributed by atoms with E-state index in [0.29, 0.717) is 36.1 Å². The van der Waals surface area contributed by atoms with Crippen molar-refractivity contribution in [2.24, 2.45) is 5.92 Å². The number of halogens is 1. The lowest BCUT2D eigenvalue weighted by atomic mass is 10.0. The summed E-state index contributed by atoms with van der Waals surface area (Å²) in [5.41, 5.74) is 2.05. The highest BCUT2D eigenvalue weighted by Crippen LogP contribution is 2.30. The average Bonchev–Trinajstić information content (AvgIpc) is 3.53. The largest absolute Gasteiger partial charge is 0.444 e. The van der Waals surface area contributed by atoms with Crippen LogP contribution in [0.15, 0.2) is 12.1 Å². The summed E-state index contributed by atoms with van der Waals surface area (Å²) in [6.07, 6.45) is 5.27. The molecule has 1 aromatic carbocycles. The van der Waals surface area contributed by atoms with Crippen molar-refractivity contribution in [3.8, 4) is 0 Å². The fraction of sp³-hybridized carbons (Fsp3) is 0.690. The monoisotopic (exact) mass is 546 g/mol.